The molecule has 0 atom stereocenters. The third kappa shape index (κ3) is 2.95. The lowest BCUT2D eigenvalue weighted by Gasteiger charge is -2.09. The molecule has 114 valence electrons. The van der Waals surface area contributed by atoms with Crippen molar-refractivity contribution in [2.45, 2.75) is 12.8 Å². The van der Waals surface area contributed by atoms with Crippen molar-refractivity contribution in [1.82, 2.24) is 4.98 Å². The molecule has 0 amide bonds. The Morgan fingerprint density at radius 3 is 2.65 bits per heavy atom. The topological polar surface area (TPSA) is 24.9 Å². The lowest BCUT2D eigenvalue weighted by Crippen LogP contribution is -2.01. The molecule has 3 aromatic rings. The van der Waals surface area contributed by atoms with Gasteiger partial charge in [0.15, 0.2) is 0 Å². The van der Waals surface area contributed by atoms with Gasteiger partial charge in [-0.3, -0.25) is 0 Å². The molecule has 1 aromatic heterocycles. The molecule has 1 heterocycles. The number of nitrogens with one attached hydrogen (secondary N) is 1. The van der Waals surface area contributed by atoms with E-state index in [-0.39, 0.29) is 5.82 Å². The highest BCUT2D eigenvalue weighted by atomic mass is 19.1. The second-order valence-corrected chi connectivity index (χ2v) is 6.07. The molecule has 2 aromatic carbocycles. The molecule has 1 aliphatic rings. The summed E-state index contributed by atoms with van der Waals surface area (Å²) in [5.74, 6) is 1.20. The second kappa shape index (κ2) is 5.51. The Morgan fingerprint density at radius 1 is 1.04 bits per heavy atom. The minimum Gasteiger partial charge on any atom is -0.344 e. The normalized spacial score (nSPS) is 14.0. The Labute approximate surface area is 134 Å². The molecular weight excluding hydrogens is 287 g/mol. The van der Waals surface area contributed by atoms with Crippen LogP contribution in [-0.2, 0) is 0 Å². The van der Waals surface area contributed by atoms with Gasteiger partial charge in [-0.1, -0.05) is 30.8 Å². The molecule has 2 nitrogen and oxygen atoms in total. The Morgan fingerprint density at radius 2 is 1.87 bits per heavy atom. The van der Waals surface area contributed by atoms with Gasteiger partial charge in [0, 0.05) is 17.3 Å². The zero-order valence-corrected chi connectivity index (χ0v) is 12.7. The first-order valence-electron chi connectivity index (χ1n) is 7.80. The second-order valence-electron chi connectivity index (χ2n) is 6.07. The maximum Gasteiger partial charge on any atom is 0.130 e. The molecule has 0 spiro atoms. The zero-order valence-electron chi connectivity index (χ0n) is 12.7. The monoisotopic (exact) mass is 304 g/mol. The van der Waals surface area contributed by atoms with E-state index in [1.54, 1.807) is 12.1 Å². The molecule has 4 rings (SSSR count). The first-order chi connectivity index (χ1) is 11.2. The first kappa shape index (κ1) is 13.9. The molecule has 1 aliphatic carbocycles. The van der Waals surface area contributed by atoms with Crippen LogP contribution < -0.4 is 5.32 Å². The Balaban J connectivity index is 1.65. The number of anilines is 1. The Hall–Kier alpha value is -2.68. The summed E-state index contributed by atoms with van der Waals surface area (Å²) in [5.41, 5.74) is 2.91. The minimum absolute atomic E-state index is 0.223. The number of aromatic nitrogens is 1. The zero-order chi connectivity index (χ0) is 15.8. The molecule has 0 saturated heterocycles. The lowest BCUT2D eigenvalue weighted by atomic mass is 10.0. The van der Waals surface area contributed by atoms with Gasteiger partial charge in [-0.15, -0.1) is 0 Å². The van der Waals surface area contributed by atoms with Crippen LogP contribution in [0.15, 0.2) is 67.0 Å². The van der Waals surface area contributed by atoms with Crippen molar-refractivity contribution in [3.8, 4) is 11.1 Å². The third-order valence-electron chi connectivity index (χ3n) is 4.24. The molecule has 1 fully saturated rings. The quantitative estimate of drug-likeness (QED) is 0.700. The van der Waals surface area contributed by atoms with E-state index in [1.165, 1.54) is 18.9 Å². The van der Waals surface area contributed by atoms with Gasteiger partial charge >= 0.3 is 0 Å². The summed E-state index contributed by atoms with van der Waals surface area (Å²) in [6.07, 6.45) is 4.29. The molecule has 0 aliphatic heterocycles. The van der Waals surface area contributed by atoms with E-state index in [9.17, 15) is 4.39 Å². The van der Waals surface area contributed by atoms with E-state index in [0.717, 1.165) is 33.4 Å². The highest BCUT2D eigenvalue weighted by Crippen LogP contribution is 2.36. The number of halogens is 1. The first-order valence-corrected chi connectivity index (χ1v) is 7.80. The van der Waals surface area contributed by atoms with Gasteiger partial charge in [0.25, 0.3) is 0 Å². The number of hydrogen-bond acceptors (Lipinski definition) is 2. The standard InChI is InChI=1S/C20H17FN2/c1-13(14-5-6-14)23-20-11-17-8-7-16(9-18(17)12-22-20)15-3-2-4-19(21)10-15/h2-4,7-12,14H,1,5-6H2,(H,22,23). The van der Waals surface area contributed by atoms with Gasteiger partial charge < -0.3 is 5.32 Å². The number of rotatable bonds is 4. The van der Waals surface area contributed by atoms with Crippen molar-refractivity contribution in [2.24, 2.45) is 5.92 Å². The number of hydrogen-bond donors (Lipinski definition) is 1. The van der Waals surface area contributed by atoms with Crippen molar-refractivity contribution < 1.29 is 4.39 Å². The van der Waals surface area contributed by atoms with E-state index in [2.05, 4.69) is 16.9 Å². The summed E-state index contributed by atoms with van der Waals surface area (Å²) in [6.45, 7) is 4.07. The summed E-state index contributed by atoms with van der Waals surface area (Å²) in [5, 5.41) is 5.43. The van der Waals surface area contributed by atoms with Crippen molar-refractivity contribution in [1.29, 1.82) is 0 Å². The van der Waals surface area contributed by atoms with Crippen LogP contribution in [0.2, 0.25) is 0 Å². The van der Waals surface area contributed by atoms with E-state index in [0.29, 0.717) is 5.92 Å². The van der Waals surface area contributed by atoms with E-state index >= 15 is 0 Å². The number of allylic oxidation sites excluding steroid dienone is 1. The number of benzene rings is 2. The molecule has 0 bridgehead atoms. The van der Waals surface area contributed by atoms with Crippen LogP contribution in [0.25, 0.3) is 21.9 Å². The third-order valence-corrected chi connectivity index (χ3v) is 4.24. The average molecular weight is 304 g/mol. The fourth-order valence-electron chi connectivity index (χ4n) is 2.76. The fourth-order valence-corrected chi connectivity index (χ4v) is 2.76. The molecule has 0 unspecified atom stereocenters. The van der Waals surface area contributed by atoms with Crippen LogP contribution in [-0.4, -0.2) is 4.98 Å². The molecule has 1 saturated carbocycles. The highest BCUT2D eigenvalue weighted by molar-refractivity contribution is 5.88. The summed E-state index contributed by atoms with van der Waals surface area (Å²) < 4.78 is 13.4. The largest absolute Gasteiger partial charge is 0.344 e. The molecule has 0 radical (unpaired) electrons. The van der Waals surface area contributed by atoms with Gasteiger partial charge in [-0.2, -0.15) is 0 Å². The number of fused-ring (bicyclic) bond motifs is 1. The van der Waals surface area contributed by atoms with Crippen LogP contribution in [0.5, 0.6) is 0 Å². The molecule has 1 N–H and O–H groups in total. The van der Waals surface area contributed by atoms with Gasteiger partial charge in [0.2, 0.25) is 0 Å². The van der Waals surface area contributed by atoms with Crippen molar-refractivity contribution in [2.75, 3.05) is 5.32 Å². The van der Waals surface area contributed by atoms with Gasteiger partial charge in [0.05, 0.1) is 0 Å². The van der Waals surface area contributed by atoms with Crippen LogP contribution in [0, 0.1) is 11.7 Å². The van der Waals surface area contributed by atoms with E-state index in [1.807, 2.05) is 36.5 Å². The average Bonchev–Trinajstić information content (AvgIpc) is 3.39. The van der Waals surface area contributed by atoms with E-state index in [4.69, 9.17) is 0 Å². The molecular formula is C20H17FN2. The smallest absolute Gasteiger partial charge is 0.130 e. The van der Waals surface area contributed by atoms with Crippen LogP contribution in [0.4, 0.5) is 10.2 Å². The summed E-state index contributed by atoms with van der Waals surface area (Å²) in [7, 11) is 0. The summed E-state index contributed by atoms with van der Waals surface area (Å²) >= 11 is 0. The predicted octanol–water partition coefficient (Wildman–Crippen LogP) is 5.38. The SMILES string of the molecule is C=C(Nc1cc2ccc(-c3cccc(F)c3)cc2cn1)C1CC1. The maximum atomic E-state index is 13.4. The van der Waals surface area contributed by atoms with Gasteiger partial charge in [0.1, 0.15) is 11.6 Å². The van der Waals surface area contributed by atoms with Crippen LogP contribution in [0.1, 0.15) is 12.8 Å². The Kier molecular flexibility index (Phi) is 3.34. The highest BCUT2D eigenvalue weighted by Gasteiger charge is 2.24. The Bertz CT molecular complexity index is 897. The summed E-state index contributed by atoms with van der Waals surface area (Å²) in [4.78, 5) is 4.46. The van der Waals surface area contributed by atoms with Gasteiger partial charge in [-0.05, 0) is 59.5 Å². The van der Waals surface area contributed by atoms with Crippen LogP contribution in [0.3, 0.4) is 0 Å². The van der Waals surface area contributed by atoms with Crippen molar-refractivity contribution in [3.63, 3.8) is 0 Å². The minimum atomic E-state index is -0.223. The lowest BCUT2D eigenvalue weighted by molar-refractivity contribution is 0.628. The van der Waals surface area contributed by atoms with Crippen molar-refractivity contribution in [3.05, 3.63) is 72.8 Å². The molecule has 23 heavy (non-hydrogen) atoms. The maximum absolute atomic E-state index is 13.4. The summed E-state index contributed by atoms with van der Waals surface area (Å²) in [6, 6.07) is 14.8. The number of pyridine rings is 1. The van der Waals surface area contributed by atoms with Gasteiger partial charge in [-0.25, -0.2) is 9.37 Å². The van der Waals surface area contributed by atoms with E-state index < -0.39 is 0 Å². The molecule has 3 heteroatoms. The predicted molar refractivity (Wildman–Crippen MR) is 92.6 cm³/mol. The fraction of sp³-hybridized carbons (Fsp3) is 0.150. The van der Waals surface area contributed by atoms with Crippen molar-refractivity contribution >= 4 is 16.6 Å². The van der Waals surface area contributed by atoms with Crippen LogP contribution >= 0.6 is 0 Å². The number of nitrogens with zero attached hydrogens (tertiary/aromatic N) is 1.